The number of nitrogens with zero attached hydrogens (tertiary/aromatic N) is 2. The van der Waals surface area contributed by atoms with Gasteiger partial charge in [0.15, 0.2) is 0 Å². The number of hydrogen-bond acceptors (Lipinski definition) is 2. The first kappa shape index (κ1) is 12.8. The van der Waals surface area contributed by atoms with Crippen LogP contribution in [0.4, 0.5) is 0 Å². The third kappa shape index (κ3) is 2.17. The molecule has 1 aromatic carbocycles. The fourth-order valence-corrected chi connectivity index (χ4v) is 2.34. The van der Waals surface area contributed by atoms with Gasteiger partial charge < -0.3 is 0 Å². The van der Waals surface area contributed by atoms with Crippen LogP contribution in [0.3, 0.4) is 0 Å². The van der Waals surface area contributed by atoms with Gasteiger partial charge in [0.1, 0.15) is 5.82 Å². The van der Waals surface area contributed by atoms with Gasteiger partial charge >= 0.3 is 0 Å². The Labute approximate surface area is 107 Å². The van der Waals surface area contributed by atoms with E-state index >= 15 is 0 Å². The summed E-state index contributed by atoms with van der Waals surface area (Å²) in [4.78, 5) is 17.2. The minimum absolute atomic E-state index is 0.114. The van der Waals surface area contributed by atoms with Gasteiger partial charge in [0.2, 0.25) is 0 Å². The molecular formula is C15H20N2O. The molecule has 0 atom stereocenters. The zero-order valence-electron chi connectivity index (χ0n) is 11.4. The molecule has 0 fully saturated rings. The number of fused-ring (bicyclic) bond motifs is 1. The molecule has 0 unspecified atom stereocenters. The maximum absolute atomic E-state index is 12.6. The Hall–Kier alpha value is -1.64. The quantitative estimate of drug-likeness (QED) is 0.828. The first-order valence-electron chi connectivity index (χ1n) is 6.68. The largest absolute Gasteiger partial charge is 0.296 e. The molecule has 96 valence electrons. The predicted molar refractivity (Wildman–Crippen MR) is 75.0 cm³/mol. The van der Waals surface area contributed by atoms with Crippen LogP contribution in [0.1, 0.15) is 38.1 Å². The van der Waals surface area contributed by atoms with Crippen molar-refractivity contribution >= 4 is 10.9 Å². The normalized spacial score (nSPS) is 11.1. The first-order valence-corrected chi connectivity index (χ1v) is 6.68. The third-order valence-corrected chi connectivity index (χ3v) is 3.19. The highest BCUT2D eigenvalue weighted by Gasteiger charge is 2.11. The van der Waals surface area contributed by atoms with Gasteiger partial charge in [-0.1, -0.05) is 26.0 Å². The summed E-state index contributed by atoms with van der Waals surface area (Å²) in [5, 5.41) is 0.769. The highest BCUT2D eigenvalue weighted by Crippen LogP contribution is 2.14. The van der Waals surface area contributed by atoms with Crippen molar-refractivity contribution < 1.29 is 0 Å². The highest BCUT2D eigenvalue weighted by molar-refractivity contribution is 5.81. The third-order valence-electron chi connectivity index (χ3n) is 3.19. The molecule has 0 amide bonds. The number of rotatable bonds is 4. The minimum atomic E-state index is 0.114. The molecule has 0 spiro atoms. The van der Waals surface area contributed by atoms with E-state index in [2.05, 4.69) is 18.8 Å². The van der Waals surface area contributed by atoms with Crippen LogP contribution in [0.2, 0.25) is 0 Å². The lowest BCUT2D eigenvalue weighted by Gasteiger charge is -2.13. The van der Waals surface area contributed by atoms with Crippen molar-refractivity contribution in [2.75, 3.05) is 0 Å². The summed E-state index contributed by atoms with van der Waals surface area (Å²) in [7, 11) is 0. The van der Waals surface area contributed by atoms with Crippen molar-refractivity contribution in [3.8, 4) is 0 Å². The molecule has 3 nitrogen and oxygen atoms in total. The summed E-state index contributed by atoms with van der Waals surface area (Å²) < 4.78 is 1.85. The van der Waals surface area contributed by atoms with Crippen LogP contribution in [0.5, 0.6) is 0 Å². The molecule has 0 aliphatic rings. The van der Waals surface area contributed by atoms with Crippen molar-refractivity contribution in [1.29, 1.82) is 0 Å². The summed E-state index contributed by atoms with van der Waals surface area (Å²) >= 11 is 0. The summed E-state index contributed by atoms with van der Waals surface area (Å²) in [6.45, 7) is 6.93. The monoisotopic (exact) mass is 244 g/mol. The van der Waals surface area contributed by atoms with Gasteiger partial charge in [0.05, 0.1) is 10.9 Å². The number of benzene rings is 1. The molecule has 1 heterocycles. The van der Waals surface area contributed by atoms with Crippen LogP contribution in [0.25, 0.3) is 10.9 Å². The zero-order valence-corrected chi connectivity index (χ0v) is 11.4. The van der Waals surface area contributed by atoms with Gasteiger partial charge in [-0.3, -0.25) is 9.36 Å². The van der Waals surface area contributed by atoms with E-state index in [1.54, 1.807) is 0 Å². The van der Waals surface area contributed by atoms with E-state index in [9.17, 15) is 4.79 Å². The lowest BCUT2D eigenvalue weighted by atomic mass is 10.1. The molecule has 0 bridgehead atoms. The van der Waals surface area contributed by atoms with Crippen molar-refractivity contribution in [2.45, 2.75) is 46.6 Å². The van der Waals surface area contributed by atoms with Crippen LogP contribution in [-0.2, 0) is 13.0 Å². The molecule has 0 aliphatic heterocycles. The lowest BCUT2D eigenvalue weighted by molar-refractivity contribution is 0.599. The van der Waals surface area contributed by atoms with Crippen LogP contribution < -0.4 is 5.56 Å². The molecule has 0 aliphatic carbocycles. The standard InChI is InChI=1S/C15H20N2O/c1-4-7-13-16-12-9-6-8-11(3)14(12)15(18)17(13)10-5-2/h6,8-9H,4-5,7,10H2,1-3H3. The fourth-order valence-electron chi connectivity index (χ4n) is 2.34. The van der Waals surface area contributed by atoms with Crippen molar-refractivity contribution in [2.24, 2.45) is 0 Å². The van der Waals surface area contributed by atoms with Crippen molar-refractivity contribution in [3.05, 3.63) is 39.9 Å². The molecule has 2 aromatic rings. The average Bonchev–Trinajstić information content (AvgIpc) is 2.34. The summed E-state index contributed by atoms with van der Waals surface area (Å²) in [6.07, 6.45) is 2.82. The smallest absolute Gasteiger partial charge is 0.261 e. The Balaban J connectivity index is 2.77. The Kier molecular flexibility index (Phi) is 3.80. The Morgan fingerprint density at radius 3 is 2.67 bits per heavy atom. The molecular weight excluding hydrogens is 224 g/mol. The van der Waals surface area contributed by atoms with Gasteiger partial charge in [-0.15, -0.1) is 0 Å². The van der Waals surface area contributed by atoms with Crippen LogP contribution in [0, 0.1) is 6.92 Å². The van der Waals surface area contributed by atoms with E-state index in [0.717, 1.165) is 48.1 Å². The number of hydrogen-bond donors (Lipinski definition) is 0. The molecule has 18 heavy (non-hydrogen) atoms. The van der Waals surface area contributed by atoms with E-state index < -0.39 is 0 Å². The lowest BCUT2D eigenvalue weighted by Crippen LogP contribution is -2.25. The molecule has 1 aromatic heterocycles. The predicted octanol–water partition coefficient (Wildman–Crippen LogP) is 3.07. The molecule has 0 radical (unpaired) electrons. The maximum Gasteiger partial charge on any atom is 0.261 e. The number of aryl methyl sites for hydroxylation is 2. The van der Waals surface area contributed by atoms with E-state index in [4.69, 9.17) is 0 Å². The summed E-state index contributed by atoms with van der Waals surface area (Å²) in [5.41, 5.74) is 1.96. The van der Waals surface area contributed by atoms with E-state index in [0.29, 0.717) is 0 Å². The summed E-state index contributed by atoms with van der Waals surface area (Å²) in [6, 6.07) is 5.87. The van der Waals surface area contributed by atoms with Crippen LogP contribution in [-0.4, -0.2) is 9.55 Å². The van der Waals surface area contributed by atoms with Gasteiger partial charge in [-0.25, -0.2) is 4.98 Å². The molecule has 0 N–H and O–H groups in total. The van der Waals surface area contributed by atoms with Crippen LogP contribution >= 0.6 is 0 Å². The van der Waals surface area contributed by atoms with Crippen molar-refractivity contribution in [1.82, 2.24) is 9.55 Å². The van der Waals surface area contributed by atoms with Gasteiger partial charge in [0.25, 0.3) is 5.56 Å². The van der Waals surface area contributed by atoms with E-state index in [1.807, 2.05) is 29.7 Å². The fraction of sp³-hybridized carbons (Fsp3) is 0.467. The number of aromatic nitrogens is 2. The van der Waals surface area contributed by atoms with Gasteiger partial charge in [-0.2, -0.15) is 0 Å². The maximum atomic E-state index is 12.6. The Morgan fingerprint density at radius 1 is 1.22 bits per heavy atom. The SMILES string of the molecule is CCCc1nc2cccc(C)c2c(=O)n1CCC. The van der Waals surface area contributed by atoms with E-state index in [-0.39, 0.29) is 5.56 Å². The highest BCUT2D eigenvalue weighted by atomic mass is 16.1. The molecule has 3 heteroatoms. The molecule has 0 saturated carbocycles. The molecule has 0 saturated heterocycles. The summed E-state index contributed by atoms with van der Waals surface area (Å²) in [5.74, 6) is 0.919. The molecule has 2 rings (SSSR count). The zero-order chi connectivity index (χ0) is 13.1. The van der Waals surface area contributed by atoms with Gasteiger partial charge in [0, 0.05) is 13.0 Å². The second-order valence-electron chi connectivity index (χ2n) is 4.70. The van der Waals surface area contributed by atoms with Crippen molar-refractivity contribution in [3.63, 3.8) is 0 Å². The Morgan fingerprint density at radius 2 is 2.00 bits per heavy atom. The average molecular weight is 244 g/mol. The van der Waals surface area contributed by atoms with Crippen LogP contribution in [0.15, 0.2) is 23.0 Å². The minimum Gasteiger partial charge on any atom is -0.296 e. The second-order valence-corrected chi connectivity index (χ2v) is 4.70. The topological polar surface area (TPSA) is 34.9 Å². The first-order chi connectivity index (χ1) is 8.69. The van der Waals surface area contributed by atoms with Gasteiger partial charge in [-0.05, 0) is 31.4 Å². The second kappa shape index (κ2) is 5.34. The Bertz CT molecular complexity index is 614. The van der Waals surface area contributed by atoms with E-state index in [1.165, 1.54) is 0 Å².